The Morgan fingerprint density at radius 2 is 1.96 bits per heavy atom. The average Bonchev–Trinajstić information content (AvgIpc) is 2.85. The predicted octanol–water partition coefficient (Wildman–Crippen LogP) is 2.31. The van der Waals surface area contributed by atoms with E-state index < -0.39 is 0 Å². The first-order valence-corrected chi connectivity index (χ1v) is 9.01. The zero-order chi connectivity index (χ0) is 16.9. The fourth-order valence-electron chi connectivity index (χ4n) is 2.78. The van der Waals surface area contributed by atoms with Gasteiger partial charge in [0.2, 0.25) is 11.0 Å². The van der Waals surface area contributed by atoms with Crippen molar-refractivity contribution in [2.45, 2.75) is 20.3 Å². The summed E-state index contributed by atoms with van der Waals surface area (Å²) in [5, 5.41) is 3.95. The first-order chi connectivity index (χ1) is 11.6. The average molecular weight is 345 g/mol. The maximum Gasteiger partial charge on any atom is 0.238 e. The van der Waals surface area contributed by atoms with Crippen LogP contribution >= 0.6 is 11.5 Å². The van der Waals surface area contributed by atoms with Gasteiger partial charge in [-0.25, -0.2) is 4.98 Å². The molecular formula is C17H23N5OS. The Bertz CT molecular complexity index is 685. The van der Waals surface area contributed by atoms with Crippen molar-refractivity contribution < 1.29 is 4.79 Å². The summed E-state index contributed by atoms with van der Waals surface area (Å²) in [4.78, 5) is 21.2. The van der Waals surface area contributed by atoms with Gasteiger partial charge in [0.05, 0.1) is 6.54 Å². The summed E-state index contributed by atoms with van der Waals surface area (Å²) in [6.45, 7) is 8.01. The molecule has 1 amide bonds. The highest BCUT2D eigenvalue weighted by Gasteiger charge is 2.19. The second kappa shape index (κ2) is 7.72. The van der Waals surface area contributed by atoms with E-state index >= 15 is 0 Å². The second-order valence-corrected chi connectivity index (χ2v) is 6.89. The topological polar surface area (TPSA) is 61.4 Å². The summed E-state index contributed by atoms with van der Waals surface area (Å²) in [6, 6.07) is 7.89. The van der Waals surface area contributed by atoms with Gasteiger partial charge in [0.25, 0.3) is 0 Å². The lowest BCUT2D eigenvalue weighted by molar-refractivity contribution is -0.117. The van der Waals surface area contributed by atoms with Gasteiger partial charge in [0.15, 0.2) is 0 Å². The number of rotatable bonds is 4. The van der Waals surface area contributed by atoms with Gasteiger partial charge in [0, 0.05) is 43.4 Å². The Balaban J connectivity index is 1.50. The number of carbonyl (C=O) groups is 1. The zero-order valence-electron chi connectivity index (χ0n) is 14.2. The number of hydrogen-bond donors (Lipinski definition) is 1. The molecular weight excluding hydrogens is 322 g/mol. The molecule has 0 saturated carbocycles. The van der Waals surface area contributed by atoms with Crippen LogP contribution in [0.1, 0.15) is 17.8 Å². The summed E-state index contributed by atoms with van der Waals surface area (Å²) in [7, 11) is 0. The summed E-state index contributed by atoms with van der Waals surface area (Å²) in [5.41, 5.74) is 2.04. The third kappa shape index (κ3) is 4.52. The fraction of sp³-hybridized carbons (Fsp3) is 0.471. The van der Waals surface area contributed by atoms with E-state index in [-0.39, 0.29) is 5.91 Å². The Morgan fingerprint density at radius 1 is 1.17 bits per heavy atom. The van der Waals surface area contributed by atoms with Crippen LogP contribution < -0.4 is 10.2 Å². The molecule has 1 aliphatic rings. The van der Waals surface area contributed by atoms with Crippen LogP contribution in [0.15, 0.2) is 24.3 Å². The van der Waals surface area contributed by atoms with Crippen LogP contribution in [0.25, 0.3) is 0 Å². The molecule has 1 N–H and O–H groups in total. The highest BCUT2D eigenvalue weighted by atomic mass is 32.1. The maximum absolute atomic E-state index is 12.2. The van der Waals surface area contributed by atoms with Gasteiger partial charge in [-0.05, 0) is 32.4 Å². The third-order valence-corrected chi connectivity index (χ3v) is 4.95. The molecule has 0 radical (unpaired) electrons. The fourth-order valence-corrected chi connectivity index (χ4v) is 3.50. The molecule has 1 aromatic heterocycles. The molecule has 0 atom stereocenters. The minimum absolute atomic E-state index is 0.0408. The molecule has 2 aromatic rings. The van der Waals surface area contributed by atoms with Gasteiger partial charge in [-0.15, -0.1) is 0 Å². The Morgan fingerprint density at radius 3 is 2.67 bits per heavy atom. The number of carbonyl (C=O) groups excluding carboxylic acids is 1. The first-order valence-electron chi connectivity index (χ1n) is 8.24. The van der Waals surface area contributed by atoms with E-state index in [9.17, 15) is 4.79 Å². The zero-order valence-corrected chi connectivity index (χ0v) is 15.0. The summed E-state index contributed by atoms with van der Waals surface area (Å²) >= 11 is 1.45. The Hall–Kier alpha value is -1.99. The molecule has 0 aliphatic carbocycles. The van der Waals surface area contributed by atoms with Gasteiger partial charge in [0.1, 0.15) is 5.82 Å². The number of aryl methyl sites for hydroxylation is 2. The van der Waals surface area contributed by atoms with Crippen molar-refractivity contribution in [1.29, 1.82) is 0 Å². The van der Waals surface area contributed by atoms with Crippen LogP contribution in [0.2, 0.25) is 0 Å². The van der Waals surface area contributed by atoms with Gasteiger partial charge in [-0.1, -0.05) is 17.7 Å². The molecule has 7 heteroatoms. The molecule has 1 aromatic carbocycles. The molecule has 0 unspecified atom stereocenters. The van der Waals surface area contributed by atoms with Crippen LogP contribution in [-0.2, 0) is 4.79 Å². The number of aromatic nitrogens is 2. The van der Waals surface area contributed by atoms with Gasteiger partial charge < -0.3 is 10.2 Å². The quantitative estimate of drug-likeness (QED) is 0.921. The van der Waals surface area contributed by atoms with Crippen molar-refractivity contribution in [2.75, 3.05) is 42.9 Å². The van der Waals surface area contributed by atoms with E-state index in [1.165, 1.54) is 17.1 Å². The number of amides is 1. The van der Waals surface area contributed by atoms with E-state index in [0.29, 0.717) is 6.54 Å². The molecule has 1 aliphatic heterocycles. The lowest BCUT2D eigenvalue weighted by atomic mass is 10.2. The van der Waals surface area contributed by atoms with Crippen LogP contribution in [0.4, 0.5) is 10.8 Å². The van der Waals surface area contributed by atoms with Crippen molar-refractivity contribution in [2.24, 2.45) is 0 Å². The van der Waals surface area contributed by atoms with E-state index in [2.05, 4.69) is 24.5 Å². The van der Waals surface area contributed by atoms with Crippen molar-refractivity contribution in [3.8, 4) is 0 Å². The smallest absolute Gasteiger partial charge is 0.238 e. The highest BCUT2D eigenvalue weighted by Crippen LogP contribution is 2.18. The molecule has 1 saturated heterocycles. The predicted molar refractivity (Wildman–Crippen MR) is 97.7 cm³/mol. The van der Waals surface area contributed by atoms with Crippen molar-refractivity contribution in [3.05, 3.63) is 35.7 Å². The SMILES string of the molecule is Cc1ccc(NC(=O)CN2CCCN(c3nc(C)ns3)CC2)cc1. The van der Waals surface area contributed by atoms with Crippen LogP contribution in [-0.4, -0.2) is 52.9 Å². The normalized spacial score (nSPS) is 16.0. The van der Waals surface area contributed by atoms with Gasteiger partial charge in [-0.2, -0.15) is 4.37 Å². The molecule has 128 valence electrons. The van der Waals surface area contributed by atoms with Crippen molar-refractivity contribution >= 4 is 28.3 Å². The Labute approximate surface area is 146 Å². The first kappa shape index (κ1) is 16.9. The van der Waals surface area contributed by atoms with Crippen LogP contribution in [0.3, 0.4) is 0 Å². The number of anilines is 2. The highest BCUT2D eigenvalue weighted by molar-refractivity contribution is 7.09. The molecule has 3 rings (SSSR count). The molecule has 0 bridgehead atoms. The van der Waals surface area contributed by atoms with E-state index in [1.54, 1.807) is 0 Å². The third-order valence-electron chi connectivity index (χ3n) is 4.08. The minimum Gasteiger partial charge on any atom is -0.346 e. The largest absolute Gasteiger partial charge is 0.346 e. The molecule has 24 heavy (non-hydrogen) atoms. The number of nitrogens with one attached hydrogen (secondary N) is 1. The van der Waals surface area contributed by atoms with Gasteiger partial charge in [-0.3, -0.25) is 9.69 Å². The molecule has 0 spiro atoms. The maximum atomic E-state index is 12.2. The van der Waals surface area contributed by atoms with E-state index in [1.807, 2.05) is 38.1 Å². The van der Waals surface area contributed by atoms with Gasteiger partial charge >= 0.3 is 0 Å². The van der Waals surface area contributed by atoms with Crippen molar-refractivity contribution in [1.82, 2.24) is 14.3 Å². The van der Waals surface area contributed by atoms with Crippen molar-refractivity contribution in [3.63, 3.8) is 0 Å². The van der Waals surface area contributed by atoms with Crippen LogP contribution in [0, 0.1) is 13.8 Å². The number of nitrogens with zero attached hydrogens (tertiary/aromatic N) is 4. The molecule has 6 nitrogen and oxygen atoms in total. The van der Waals surface area contributed by atoms with E-state index in [4.69, 9.17) is 0 Å². The summed E-state index contributed by atoms with van der Waals surface area (Å²) in [6.07, 6.45) is 1.02. The molecule has 2 heterocycles. The van der Waals surface area contributed by atoms with E-state index in [0.717, 1.165) is 49.2 Å². The number of benzene rings is 1. The summed E-state index contributed by atoms with van der Waals surface area (Å²) < 4.78 is 4.25. The number of hydrogen-bond acceptors (Lipinski definition) is 6. The second-order valence-electron chi connectivity index (χ2n) is 6.16. The molecule has 1 fully saturated rings. The lowest BCUT2D eigenvalue weighted by Gasteiger charge is -2.20. The summed E-state index contributed by atoms with van der Waals surface area (Å²) in [5.74, 6) is 0.868. The monoisotopic (exact) mass is 345 g/mol. The standard InChI is InChI=1S/C17H23N5OS/c1-13-4-6-15(7-5-13)19-16(23)12-21-8-3-9-22(11-10-21)17-18-14(2)20-24-17/h4-7H,3,8-12H2,1-2H3,(H,19,23). The van der Waals surface area contributed by atoms with Crippen LogP contribution in [0.5, 0.6) is 0 Å². The lowest BCUT2D eigenvalue weighted by Crippen LogP contribution is -2.36. The minimum atomic E-state index is 0.0408. The Kier molecular flexibility index (Phi) is 5.42.